The van der Waals surface area contributed by atoms with Crippen molar-refractivity contribution in [3.8, 4) is 0 Å². The lowest BCUT2D eigenvalue weighted by Crippen LogP contribution is -2.47. The van der Waals surface area contributed by atoms with Gasteiger partial charge in [-0.05, 0) is 18.4 Å². The summed E-state index contributed by atoms with van der Waals surface area (Å²) in [5.41, 5.74) is 0.983. The first-order valence-electron chi connectivity index (χ1n) is 8.08. The van der Waals surface area contributed by atoms with Crippen LogP contribution < -0.4 is 0 Å². The number of hydrogen-bond acceptors (Lipinski definition) is 5. The number of likely N-dealkylation sites (tertiary alicyclic amines) is 1. The van der Waals surface area contributed by atoms with Crippen molar-refractivity contribution < 1.29 is 14.3 Å². The molecule has 2 amide bonds. The minimum Gasteiger partial charge on any atom is -0.448 e. The van der Waals surface area contributed by atoms with E-state index in [-0.39, 0.29) is 18.0 Å². The lowest BCUT2D eigenvalue weighted by atomic mass is 10.0. The van der Waals surface area contributed by atoms with Gasteiger partial charge in [0, 0.05) is 19.1 Å². The molecule has 5 nitrogen and oxygen atoms in total. The van der Waals surface area contributed by atoms with Gasteiger partial charge in [0.05, 0.1) is 16.5 Å². The number of thioether (sulfide) groups is 1. The van der Waals surface area contributed by atoms with E-state index in [9.17, 15) is 9.59 Å². The summed E-state index contributed by atoms with van der Waals surface area (Å²) < 4.78 is 5.74. The maximum absolute atomic E-state index is 12.4. The fourth-order valence-electron chi connectivity index (χ4n) is 3.04. The van der Waals surface area contributed by atoms with Gasteiger partial charge in [-0.15, -0.1) is 11.8 Å². The zero-order valence-electron chi connectivity index (χ0n) is 13.3. The van der Waals surface area contributed by atoms with Gasteiger partial charge in [0.15, 0.2) is 0 Å². The van der Waals surface area contributed by atoms with Crippen LogP contribution in [0.1, 0.15) is 18.4 Å². The molecule has 0 spiro atoms. The van der Waals surface area contributed by atoms with Crippen molar-refractivity contribution in [3.05, 3.63) is 35.9 Å². The van der Waals surface area contributed by atoms with Crippen LogP contribution in [0.4, 0.5) is 4.79 Å². The molecule has 0 N–H and O–H groups in total. The molecular weight excluding hydrogens is 344 g/mol. The molecule has 7 heteroatoms. The fourth-order valence-corrected chi connectivity index (χ4v) is 4.09. The summed E-state index contributed by atoms with van der Waals surface area (Å²) in [5.74, 6) is 0.477. The Morgan fingerprint density at radius 2 is 1.92 bits per heavy atom. The van der Waals surface area contributed by atoms with Crippen LogP contribution in [0, 0.1) is 0 Å². The third-order valence-electron chi connectivity index (χ3n) is 4.39. The second-order valence-electron chi connectivity index (χ2n) is 5.86. The fraction of sp³-hybridized carbons (Fsp3) is 0.471. The summed E-state index contributed by atoms with van der Waals surface area (Å²) in [6.07, 6.45) is 1.41. The second kappa shape index (κ2) is 7.98. The lowest BCUT2D eigenvalue weighted by molar-refractivity contribution is -0.129. The molecule has 2 saturated heterocycles. The van der Waals surface area contributed by atoms with E-state index < -0.39 is 0 Å². The van der Waals surface area contributed by atoms with E-state index in [1.807, 2.05) is 35.2 Å². The minimum atomic E-state index is -0.219. The third-order valence-corrected chi connectivity index (χ3v) is 5.86. The van der Waals surface area contributed by atoms with Gasteiger partial charge in [-0.1, -0.05) is 42.5 Å². The van der Waals surface area contributed by atoms with E-state index in [2.05, 4.69) is 0 Å². The Hall–Kier alpha value is -1.60. The van der Waals surface area contributed by atoms with Gasteiger partial charge < -0.3 is 14.5 Å². The molecular formula is C17H20N2O3S2. The Labute approximate surface area is 151 Å². The molecule has 3 rings (SSSR count). The number of nitrogens with zero attached hydrogens (tertiary/aromatic N) is 2. The predicted molar refractivity (Wildman–Crippen MR) is 98.3 cm³/mol. The maximum Gasteiger partial charge on any atom is 0.410 e. The number of piperidine rings is 1. The SMILES string of the molecule is O=C(CSC(=S)c1ccccc1)N1CCC(N2CCOC2=O)CC1. The Morgan fingerprint density at radius 1 is 1.21 bits per heavy atom. The number of amides is 2. The van der Waals surface area contributed by atoms with Crippen LogP contribution in [0.15, 0.2) is 30.3 Å². The van der Waals surface area contributed by atoms with E-state index in [4.69, 9.17) is 17.0 Å². The molecule has 1 aromatic rings. The summed E-state index contributed by atoms with van der Waals surface area (Å²) >= 11 is 6.79. The second-order valence-corrected chi connectivity index (χ2v) is 7.51. The average molecular weight is 364 g/mol. The topological polar surface area (TPSA) is 49.9 Å². The number of cyclic esters (lactones) is 1. The van der Waals surface area contributed by atoms with Crippen molar-refractivity contribution in [1.82, 2.24) is 9.80 Å². The van der Waals surface area contributed by atoms with E-state index in [0.29, 0.717) is 32.0 Å². The smallest absolute Gasteiger partial charge is 0.410 e. The molecule has 128 valence electrons. The Morgan fingerprint density at radius 3 is 2.54 bits per heavy atom. The van der Waals surface area contributed by atoms with E-state index >= 15 is 0 Å². The molecule has 2 heterocycles. The Kier molecular flexibility index (Phi) is 5.73. The first-order chi connectivity index (χ1) is 11.6. The first-order valence-corrected chi connectivity index (χ1v) is 9.48. The summed E-state index contributed by atoms with van der Waals surface area (Å²) in [6, 6.07) is 9.95. The quantitative estimate of drug-likeness (QED) is 0.769. The summed E-state index contributed by atoms with van der Waals surface area (Å²) in [6.45, 7) is 2.52. The number of ether oxygens (including phenoxy) is 1. The zero-order chi connectivity index (χ0) is 16.9. The lowest BCUT2D eigenvalue weighted by Gasteiger charge is -2.35. The van der Waals surface area contributed by atoms with Crippen molar-refractivity contribution in [1.29, 1.82) is 0 Å². The van der Waals surface area contributed by atoms with E-state index in [0.717, 1.165) is 22.6 Å². The number of carbonyl (C=O) groups is 2. The Balaban J connectivity index is 1.44. The predicted octanol–water partition coefficient (Wildman–Crippen LogP) is 2.54. The highest BCUT2D eigenvalue weighted by Gasteiger charge is 2.33. The number of benzene rings is 1. The van der Waals surface area contributed by atoms with Crippen molar-refractivity contribution >= 4 is 40.2 Å². The molecule has 1 aromatic carbocycles. The van der Waals surface area contributed by atoms with Crippen molar-refractivity contribution in [3.63, 3.8) is 0 Å². The molecule has 0 atom stereocenters. The number of rotatable bonds is 4. The number of thiocarbonyl (C=S) groups is 1. The normalized spacial score (nSPS) is 18.6. The van der Waals surface area contributed by atoms with Gasteiger partial charge in [0.1, 0.15) is 6.61 Å². The van der Waals surface area contributed by atoms with E-state index in [1.54, 1.807) is 4.90 Å². The van der Waals surface area contributed by atoms with Gasteiger partial charge in [-0.25, -0.2) is 4.79 Å². The molecule has 0 aliphatic carbocycles. The molecule has 24 heavy (non-hydrogen) atoms. The first kappa shape index (κ1) is 17.2. The molecule has 2 aliphatic heterocycles. The van der Waals surface area contributed by atoms with Crippen molar-refractivity contribution in [2.24, 2.45) is 0 Å². The van der Waals surface area contributed by atoms with Crippen LogP contribution in [0.5, 0.6) is 0 Å². The molecule has 2 aliphatic rings. The van der Waals surface area contributed by atoms with Crippen LogP contribution in [0.3, 0.4) is 0 Å². The molecule has 2 fully saturated rings. The summed E-state index contributed by atoms with van der Waals surface area (Å²) in [5, 5.41) is 0. The maximum atomic E-state index is 12.4. The Bertz CT molecular complexity index is 616. The van der Waals surface area contributed by atoms with Crippen LogP contribution in [0.2, 0.25) is 0 Å². The van der Waals surface area contributed by atoms with Gasteiger partial charge in [-0.2, -0.15) is 0 Å². The van der Waals surface area contributed by atoms with Gasteiger partial charge in [0.25, 0.3) is 0 Å². The molecule has 0 bridgehead atoms. The zero-order valence-corrected chi connectivity index (χ0v) is 15.0. The van der Waals surface area contributed by atoms with Crippen LogP contribution in [0.25, 0.3) is 0 Å². The van der Waals surface area contributed by atoms with Gasteiger partial charge in [-0.3, -0.25) is 4.79 Å². The van der Waals surface area contributed by atoms with E-state index in [1.165, 1.54) is 11.8 Å². The standard InChI is InChI=1S/C17H20N2O3S2/c20-15(12-24-16(23)13-4-2-1-3-5-13)18-8-6-14(7-9-18)19-10-11-22-17(19)21/h1-5,14H,6-12H2. The molecule has 0 aromatic heterocycles. The van der Waals surface area contributed by atoms with Crippen LogP contribution in [-0.4, -0.2) is 64.0 Å². The van der Waals surface area contributed by atoms with Crippen molar-refractivity contribution in [2.45, 2.75) is 18.9 Å². The summed E-state index contributed by atoms with van der Waals surface area (Å²) in [7, 11) is 0. The number of hydrogen-bond donors (Lipinski definition) is 0. The highest BCUT2D eigenvalue weighted by molar-refractivity contribution is 8.24. The highest BCUT2D eigenvalue weighted by Crippen LogP contribution is 2.21. The highest BCUT2D eigenvalue weighted by atomic mass is 32.2. The van der Waals surface area contributed by atoms with Gasteiger partial charge >= 0.3 is 6.09 Å². The monoisotopic (exact) mass is 364 g/mol. The van der Waals surface area contributed by atoms with Crippen LogP contribution >= 0.6 is 24.0 Å². The van der Waals surface area contributed by atoms with Crippen molar-refractivity contribution in [2.75, 3.05) is 32.0 Å². The number of carbonyl (C=O) groups excluding carboxylic acids is 2. The largest absolute Gasteiger partial charge is 0.448 e. The summed E-state index contributed by atoms with van der Waals surface area (Å²) in [4.78, 5) is 27.6. The average Bonchev–Trinajstić information content (AvgIpc) is 3.06. The van der Waals surface area contributed by atoms with Crippen LogP contribution in [-0.2, 0) is 9.53 Å². The molecule has 0 unspecified atom stereocenters. The molecule has 0 radical (unpaired) electrons. The van der Waals surface area contributed by atoms with Gasteiger partial charge in [0.2, 0.25) is 5.91 Å². The molecule has 0 saturated carbocycles. The third kappa shape index (κ3) is 4.08. The minimum absolute atomic E-state index is 0.112.